The summed E-state index contributed by atoms with van der Waals surface area (Å²) in [6.45, 7) is 9.79. The fraction of sp³-hybridized carbons (Fsp3) is 0.400. The first-order chi connectivity index (χ1) is 16.2. The molecule has 0 bridgehead atoms. The molecule has 0 radical (unpaired) electrons. The number of hydrogen-bond acceptors (Lipinski definition) is 7. The number of likely N-dealkylation sites (N-methyl/N-ethyl adjacent to an activating group) is 1. The highest BCUT2D eigenvalue weighted by atomic mass is 32.1. The van der Waals surface area contributed by atoms with Crippen LogP contribution < -0.4 is 9.64 Å². The van der Waals surface area contributed by atoms with Gasteiger partial charge in [0.05, 0.1) is 0 Å². The lowest BCUT2D eigenvalue weighted by molar-refractivity contribution is -0.132. The number of thiophene rings is 1. The molecule has 8 heteroatoms. The van der Waals surface area contributed by atoms with Gasteiger partial charge in [-0.25, -0.2) is 9.97 Å². The second-order valence-electron chi connectivity index (χ2n) is 7.97. The molecule has 0 N–H and O–H groups in total. The van der Waals surface area contributed by atoms with Crippen LogP contribution in [-0.2, 0) is 11.3 Å². The van der Waals surface area contributed by atoms with E-state index in [0.717, 1.165) is 50.0 Å². The highest BCUT2D eigenvalue weighted by molar-refractivity contribution is 7.13. The largest absolute Gasteiger partial charge is 0.483 e. The van der Waals surface area contributed by atoms with E-state index in [1.807, 2.05) is 26.0 Å². The molecule has 1 saturated heterocycles. The standard InChI is InChI=1S/C25H31N5O2S/c1-3-29(4-2)24(31)19-32-22-9-8-20(23-7-5-16-33-23)17-21(22)18-28-12-14-30(15-13-28)25-26-10-6-11-27-25/h5-11,16-17H,3-4,12-15,18-19H2,1-2H3. The number of amides is 1. The van der Waals surface area contributed by atoms with E-state index in [2.05, 4.69) is 49.4 Å². The topological polar surface area (TPSA) is 61.8 Å². The van der Waals surface area contributed by atoms with Crippen LogP contribution >= 0.6 is 11.3 Å². The third-order valence-corrected chi connectivity index (χ3v) is 6.85. The van der Waals surface area contributed by atoms with Crippen LogP contribution in [0.2, 0.25) is 0 Å². The van der Waals surface area contributed by atoms with Gasteiger partial charge in [0.1, 0.15) is 5.75 Å². The Bertz CT molecular complexity index is 1020. The molecule has 33 heavy (non-hydrogen) atoms. The van der Waals surface area contributed by atoms with Crippen molar-refractivity contribution in [3.05, 3.63) is 59.7 Å². The number of carbonyl (C=O) groups is 1. The molecule has 174 valence electrons. The lowest BCUT2D eigenvalue weighted by Crippen LogP contribution is -2.46. The van der Waals surface area contributed by atoms with Gasteiger partial charge >= 0.3 is 0 Å². The van der Waals surface area contributed by atoms with Crippen molar-refractivity contribution in [1.29, 1.82) is 0 Å². The highest BCUT2D eigenvalue weighted by Crippen LogP contribution is 2.31. The van der Waals surface area contributed by atoms with Crippen LogP contribution in [0.5, 0.6) is 5.75 Å². The Labute approximate surface area is 199 Å². The minimum absolute atomic E-state index is 0.0183. The Morgan fingerprint density at radius 2 is 1.82 bits per heavy atom. The molecule has 1 aliphatic rings. The molecular weight excluding hydrogens is 434 g/mol. The predicted molar refractivity (Wildman–Crippen MR) is 133 cm³/mol. The normalized spacial score (nSPS) is 14.3. The summed E-state index contributed by atoms with van der Waals surface area (Å²) < 4.78 is 6.04. The molecule has 2 aromatic heterocycles. The van der Waals surface area contributed by atoms with E-state index < -0.39 is 0 Å². The average molecular weight is 466 g/mol. The highest BCUT2D eigenvalue weighted by Gasteiger charge is 2.21. The zero-order chi connectivity index (χ0) is 23.0. The molecule has 0 aliphatic carbocycles. The molecule has 1 aromatic carbocycles. The second-order valence-corrected chi connectivity index (χ2v) is 8.91. The van der Waals surface area contributed by atoms with Gasteiger partial charge in [0.2, 0.25) is 5.95 Å². The maximum Gasteiger partial charge on any atom is 0.260 e. The SMILES string of the molecule is CCN(CC)C(=O)COc1ccc(-c2cccs2)cc1CN1CCN(c2ncccn2)CC1. The number of rotatable bonds is 9. The van der Waals surface area contributed by atoms with E-state index in [0.29, 0.717) is 13.1 Å². The van der Waals surface area contributed by atoms with Gasteiger partial charge in [0, 0.05) is 68.6 Å². The Kier molecular flexibility index (Phi) is 7.91. The Balaban J connectivity index is 1.46. The number of ether oxygens (including phenoxy) is 1. The van der Waals surface area contributed by atoms with Crippen molar-refractivity contribution < 1.29 is 9.53 Å². The van der Waals surface area contributed by atoms with Crippen LogP contribution in [-0.4, -0.2) is 71.6 Å². The summed E-state index contributed by atoms with van der Waals surface area (Å²) in [5.74, 6) is 1.59. The quantitative estimate of drug-likeness (QED) is 0.479. The molecule has 1 aliphatic heterocycles. The van der Waals surface area contributed by atoms with E-state index in [9.17, 15) is 4.79 Å². The van der Waals surface area contributed by atoms with Crippen molar-refractivity contribution in [2.24, 2.45) is 0 Å². The molecule has 0 atom stereocenters. The number of carbonyl (C=O) groups excluding carboxylic acids is 1. The predicted octanol–water partition coefficient (Wildman–Crippen LogP) is 3.77. The third kappa shape index (κ3) is 5.89. The number of hydrogen-bond donors (Lipinski definition) is 0. The fourth-order valence-electron chi connectivity index (χ4n) is 4.05. The maximum atomic E-state index is 12.5. The van der Waals surface area contributed by atoms with E-state index in [1.54, 1.807) is 28.6 Å². The van der Waals surface area contributed by atoms with Gasteiger partial charge in [0.15, 0.2) is 6.61 Å². The number of benzene rings is 1. The minimum atomic E-state index is 0.0183. The molecule has 1 amide bonds. The monoisotopic (exact) mass is 465 g/mol. The van der Waals surface area contributed by atoms with E-state index >= 15 is 0 Å². The van der Waals surface area contributed by atoms with Gasteiger partial charge in [-0.15, -0.1) is 11.3 Å². The summed E-state index contributed by atoms with van der Waals surface area (Å²) in [5.41, 5.74) is 2.29. The van der Waals surface area contributed by atoms with Crippen molar-refractivity contribution in [3.8, 4) is 16.2 Å². The zero-order valence-corrected chi connectivity index (χ0v) is 20.1. The molecule has 0 unspecified atom stereocenters. The Morgan fingerprint density at radius 3 is 2.48 bits per heavy atom. The van der Waals surface area contributed by atoms with E-state index in [-0.39, 0.29) is 12.5 Å². The molecule has 7 nitrogen and oxygen atoms in total. The molecule has 3 aromatic rings. The first kappa shape index (κ1) is 23.2. The van der Waals surface area contributed by atoms with Crippen molar-refractivity contribution in [2.75, 3.05) is 50.8 Å². The smallest absolute Gasteiger partial charge is 0.260 e. The fourth-order valence-corrected chi connectivity index (χ4v) is 4.77. The molecule has 0 spiro atoms. The van der Waals surface area contributed by atoms with Gasteiger partial charge in [-0.3, -0.25) is 9.69 Å². The lowest BCUT2D eigenvalue weighted by atomic mass is 10.1. The van der Waals surface area contributed by atoms with Gasteiger partial charge in [0.25, 0.3) is 5.91 Å². The Morgan fingerprint density at radius 1 is 1.06 bits per heavy atom. The summed E-state index contributed by atoms with van der Waals surface area (Å²) in [4.78, 5) is 28.9. The van der Waals surface area contributed by atoms with Crippen molar-refractivity contribution >= 4 is 23.2 Å². The summed E-state index contributed by atoms with van der Waals surface area (Å²) in [7, 11) is 0. The van der Waals surface area contributed by atoms with Crippen molar-refractivity contribution in [2.45, 2.75) is 20.4 Å². The lowest BCUT2D eigenvalue weighted by Gasteiger charge is -2.35. The number of aromatic nitrogens is 2. The van der Waals surface area contributed by atoms with Gasteiger partial charge in [-0.05, 0) is 55.1 Å². The van der Waals surface area contributed by atoms with Crippen LogP contribution in [0.25, 0.3) is 10.4 Å². The second kappa shape index (κ2) is 11.2. The molecular formula is C25H31N5O2S. The van der Waals surface area contributed by atoms with Crippen LogP contribution in [0, 0.1) is 0 Å². The summed E-state index contributed by atoms with van der Waals surface area (Å²) in [6.07, 6.45) is 3.57. The average Bonchev–Trinajstić information content (AvgIpc) is 3.40. The first-order valence-electron chi connectivity index (χ1n) is 11.5. The van der Waals surface area contributed by atoms with Crippen LogP contribution in [0.15, 0.2) is 54.2 Å². The van der Waals surface area contributed by atoms with Crippen molar-refractivity contribution in [3.63, 3.8) is 0 Å². The Hall–Kier alpha value is -2.97. The van der Waals surface area contributed by atoms with Crippen LogP contribution in [0.3, 0.4) is 0 Å². The van der Waals surface area contributed by atoms with Crippen molar-refractivity contribution in [1.82, 2.24) is 19.8 Å². The van der Waals surface area contributed by atoms with Crippen LogP contribution in [0.4, 0.5) is 5.95 Å². The van der Waals surface area contributed by atoms with Gasteiger partial charge in [-0.1, -0.05) is 6.07 Å². The molecule has 1 fully saturated rings. The zero-order valence-electron chi connectivity index (χ0n) is 19.3. The van der Waals surface area contributed by atoms with E-state index in [4.69, 9.17) is 4.74 Å². The summed E-state index contributed by atoms with van der Waals surface area (Å²) >= 11 is 1.73. The van der Waals surface area contributed by atoms with E-state index in [1.165, 1.54) is 10.4 Å². The maximum absolute atomic E-state index is 12.5. The number of nitrogens with zero attached hydrogens (tertiary/aromatic N) is 5. The number of anilines is 1. The number of piperazine rings is 1. The van der Waals surface area contributed by atoms with Gasteiger partial charge < -0.3 is 14.5 Å². The molecule has 3 heterocycles. The van der Waals surface area contributed by atoms with Gasteiger partial charge in [-0.2, -0.15) is 0 Å². The first-order valence-corrected chi connectivity index (χ1v) is 12.4. The molecule has 0 saturated carbocycles. The summed E-state index contributed by atoms with van der Waals surface area (Å²) in [5, 5.41) is 2.09. The van der Waals surface area contributed by atoms with Crippen LogP contribution in [0.1, 0.15) is 19.4 Å². The minimum Gasteiger partial charge on any atom is -0.483 e. The summed E-state index contributed by atoms with van der Waals surface area (Å²) in [6, 6.07) is 12.3. The molecule has 4 rings (SSSR count). The third-order valence-electron chi connectivity index (χ3n) is 5.93.